The number of benzene rings is 2. The summed E-state index contributed by atoms with van der Waals surface area (Å²) in [6.45, 7) is 1.08. The highest BCUT2D eigenvalue weighted by Crippen LogP contribution is 2.25. The van der Waals surface area contributed by atoms with Crippen LogP contribution in [0.5, 0.6) is 0 Å². The summed E-state index contributed by atoms with van der Waals surface area (Å²) in [5.41, 5.74) is 6.16. The van der Waals surface area contributed by atoms with Gasteiger partial charge >= 0.3 is 0 Å². The van der Waals surface area contributed by atoms with E-state index in [9.17, 15) is 13.0 Å². The molecule has 0 atom stereocenters. The van der Waals surface area contributed by atoms with Crippen molar-refractivity contribution in [1.29, 1.82) is 0 Å². The van der Waals surface area contributed by atoms with Crippen LogP contribution < -0.4 is 11.1 Å². The van der Waals surface area contributed by atoms with E-state index in [1.807, 2.05) is 6.07 Å². The Morgan fingerprint density at radius 3 is 2.67 bits per heavy atom. The average Bonchev–Trinajstić information content (AvgIpc) is 2.34. The van der Waals surface area contributed by atoms with E-state index in [1.54, 1.807) is 24.3 Å². The molecule has 2 aromatic rings. The Labute approximate surface area is 105 Å². The summed E-state index contributed by atoms with van der Waals surface area (Å²) >= 11 is 0. The second-order valence-corrected chi connectivity index (χ2v) is 5.27. The molecule has 0 spiro atoms. The maximum Gasteiger partial charge on any atom is 0.295 e. The summed E-state index contributed by atoms with van der Waals surface area (Å²) < 4.78 is 31.8. The Morgan fingerprint density at radius 1 is 1.22 bits per heavy atom. The van der Waals surface area contributed by atoms with Crippen molar-refractivity contribution in [1.82, 2.24) is 0 Å². The van der Waals surface area contributed by atoms with E-state index in [2.05, 4.69) is 5.32 Å². The molecule has 4 N–H and O–H groups in total. The van der Waals surface area contributed by atoms with Crippen molar-refractivity contribution in [3.8, 4) is 0 Å². The number of anilines is 1. The van der Waals surface area contributed by atoms with Crippen LogP contribution in [0.1, 0.15) is 0 Å². The molecule has 0 bridgehead atoms. The molecule has 0 saturated carbocycles. The van der Waals surface area contributed by atoms with Crippen molar-refractivity contribution in [3.63, 3.8) is 0 Å². The second kappa shape index (κ2) is 4.93. The van der Waals surface area contributed by atoms with Gasteiger partial charge in [0.05, 0.1) is 0 Å². The van der Waals surface area contributed by atoms with Crippen LogP contribution in [0.25, 0.3) is 10.8 Å². The molecule has 0 unspecified atom stereocenters. The van der Waals surface area contributed by atoms with Gasteiger partial charge in [-0.05, 0) is 23.6 Å². The molecule has 2 rings (SSSR count). The first-order chi connectivity index (χ1) is 8.52. The number of nitrogens with one attached hydrogen (secondary N) is 1. The van der Waals surface area contributed by atoms with E-state index >= 15 is 0 Å². The molecular weight excluding hydrogens is 252 g/mol. The maximum atomic E-state index is 11.3. The third-order valence-electron chi connectivity index (χ3n) is 2.59. The molecule has 6 heteroatoms. The lowest BCUT2D eigenvalue weighted by Gasteiger charge is -2.08. The van der Waals surface area contributed by atoms with E-state index in [1.165, 1.54) is 6.07 Å². The summed E-state index contributed by atoms with van der Waals surface area (Å²) in [5, 5.41) is 4.30. The Hall–Kier alpha value is -1.63. The van der Waals surface area contributed by atoms with Crippen molar-refractivity contribution in [2.24, 2.45) is 5.73 Å². The lowest BCUT2D eigenvalue weighted by Crippen LogP contribution is -2.13. The van der Waals surface area contributed by atoms with Crippen molar-refractivity contribution in [3.05, 3.63) is 36.4 Å². The predicted octanol–water partition coefficient (Wildman–Crippen LogP) is 1.46. The molecule has 0 aliphatic rings. The molecule has 0 heterocycles. The largest absolute Gasteiger partial charge is 0.384 e. The standard InChI is InChI=1S/C12H14N2O3S/c13-6-7-14-10-5-4-9-2-1-3-12(11(9)8-10)18(15,16)17/h1-5,8,14H,6-7,13H2,(H,15,16,17). The van der Waals surface area contributed by atoms with Gasteiger partial charge < -0.3 is 11.1 Å². The summed E-state index contributed by atoms with van der Waals surface area (Å²) in [7, 11) is -4.22. The van der Waals surface area contributed by atoms with Crippen LogP contribution in [0.3, 0.4) is 0 Å². The van der Waals surface area contributed by atoms with E-state index in [0.717, 1.165) is 11.1 Å². The van der Waals surface area contributed by atoms with Gasteiger partial charge in [0.2, 0.25) is 0 Å². The molecule has 0 saturated heterocycles. The Balaban J connectivity index is 2.59. The molecule has 0 aromatic heterocycles. The lowest BCUT2D eigenvalue weighted by atomic mass is 10.1. The third kappa shape index (κ3) is 2.61. The molecule has 0 radical (unpaired) electrons. The molecule has 5 nitrogen and oxygen atoms in total. The number of nitrogens with two attached hydrogens (primary N) is 1. The van der Waals surface area contributed by atoms with Gasteiger partial charge in [-0.3, -0.25) is 4.55 Å². The van der Waals surface area contributed by atoms with Crippen LogP contribution >= 0.6 is 0 Å². The van der Waals surface area contributed by atoms with Gasteiger partial charge in [-0.1, -0.05) is 18.2 Å². The van der Waals surface area contributed by atoms with E-state index in [0.29, 0.717) is 18.5 Å². The van der Waals surface area contributed by atoms with Crippen molar-refractivity contribution in [2.75, 3.05) is 18.4 Å². The summed E-state index contributed by atoms with van der Waals surface area (Å²) in [6.07, 6.45) is 0. The quantitative estimate of drug-likeness (QED) is 0.728. The fourth-order valence-corrected chi connectivity index (χ4v) is 2.50. The second-order valence-electron chi connectivity index (χ2n) is 3.88. The first kappa shape index (κ1) is 12.8. The zero-order valence-electron chi connectivity index (χ0n) is 9.63. The molecule has 2 aromatic carbocycles. The smallest absolute Gasteiger partial charge is 0.295 e. The van der Waals surface area contributed by atoms with Crippen LogP contribution in [0.4, 0.5) is 5.69 Å². The summed E-state index contributed by atoms with van der Waals surface area (Å²) in [5.74, 6) is 0. The van der Waals surface area contributed by atoms with Gasteiger partial charge in [0, 0.05) is 24.2 Å². The van der Waals surface area contributed by atoms with Gasteiger partial charge in [-0.2, -0.15) is 8.42 Å². The van der Waals surface area contributed by atoms with Crippen molar-refractivity contribution < 1.29 is 13.0 Å². The monoisotopic (exact) mass is 266 g/mol. The van der Waals surface area contributed by atoms with E-state index < -0.39 is 10.1 Å². The predicted molar refractivity (Wildman–Crippen MR) is 71.3 cm³/mol. The van der Waals surface area contributed by atoms with Crippen molar-refractivity contribution >= 4 is 26.6 Å². The van der Waals surface area contributed by atoms with Crippen molar-refractivity contribution in [2.45, 2.75) is 4.90 Å². The minimum Gasteiger partial charge on any atom is -0.384 e. The van der Waals surface area contributed by atoms with E-state index in [4.69, 9.17) is 5.73 Å². The Kier molecular flexibility index (Phi) is 3.51. The molecule has 0 fully saturated rings. The van der Waals surface area contributed by atoms with Gasteiger partial charge in [-0.15, -0.1) is 0 Å². The first-order valence-corrected chi connectivity index (χ1v) is 6.90. The van der Waals surface area contributed by atoms with Gasteiger partial charge in [0.15, 0.2) is 0 Å². The zero-order chi connectivity index (χ0) is 13.2. The van der Waals surface area contributed by atoms with Gasteiger partial charge in [0.25, 0.3) is 10.1 Å². The molecule has 0 aliphatic heterocycles. The maximum absolute atomic E-state index is 11.3. The molecule has 96 valence electrons. The lowest BCUT2D eigenvalue weighted by molar-refractivity contribution is 0.484. The highest BCUT2D eigenvalue weighted by Gasteiger charge is 2.13. The van der Waals surface area contributed by atoms with Gasteiger partial charge in [0.1, 0.15) is 4.90 Å². The molecular formula is C12H14N2O3S. The SMILES string of the molecule is NCCNc1ccc2cccc(S(=O)(=O)O)c2c1. The normalized spacial score (nSPS) is 11.7. The molecule has 18 heavy (non-hydrogen) atoms. The Morgan fingerprint density at radius 2 is 2.00 bits per heavy atom. The van der Waals surface area contributed by atoms with E-state index in [-0.39, 0.29) is 4.90 Å². The van der Waals surface area contributed by atoms with Crippen LogP contribution in [0.2, 0.25) is 0 Å². The Bertz CT molecular complexity index is 668. The zero-order valence-corrected chi connectivity index (χ0v) is 10.4. The first-order valence-electron chi connectivity index (χ1n) is 5.46. The number of hydrogen-bond acceptors (Lipinski definition) is 4. The highest BCUT2D eigenvalue weighted by atomic mass is 32.2. The summed E-state index contributed by atoms with van der Waals surface area (Å²) in [6, 6.07) is 10.1. The third-order valence-corrected chi connectivity index (χ3v) is 3.51. The fourth-order valence-electron chi connectivity index (χ4n) is 1.80. The van der Waals surface area contributed by atoms with Crippen LogP contribution in [-0.2, 0) is 10.1 Å². The molecule has 0 amide bonds. The summed E-state index contributed by atoms with van der Waals surface area (Å²) in [4.78, 5) is -0.0867. The number of hydrogen-bond donors (Lipinski definition) is 3. The fraction of sp³-hybridized carbons (Fsp3) is 0.167. The minimum atomic E-state index is -4.22. The highest BCUT2D eigenvalue weighted by molar-refractivity contribution is 7.86. The van der Waals surface area contributed by atoms with Crippen LogP contribution in [0, 0.1) is 0 Å². The number of rotatable bonds is 4. The van der Waals surface area contributed by atoms with Gasteiger partial charge in [-0.25, -0.2) is 0 Å². The van der Waals surface area contributed by atoms with Crippen LogP contribution in [-0.4, -0.2) is 26.1 Å². The molecule has 0 aliphatic carbocycles. The van der Waals surface area contributed by atoms with Crippen LogP contribution in [0.15, 0.2) is 41.3 Å². The minimum absolute atomic E-state index is 0.0867. The average molecular weight is 266 g/mol. The number of fused-ring (bicyclic) bond motifs is 1. The topological polar surface area (TPSA) is 92.4 Å².